The number of amides is 2. The fourth-order valence-electron chi connectivity index (χ4n) is 3.71. The van der Waals surface area contributed by atoms with Crippen molar-refractivity contribution < 1.29 is 19.5 Å². The molecule has 6 heteroatoms. The molecule has 1 fully saturated rings. The van der Waals surface area contributed by atoms with Crippen molar-refractivity contribution in [2.75, 3.05) is 19.6 Å². The van der Waals surface area contributed by atoms with E-state index in [9.17, 15) is 14.4 Å². The smallest absolute Gasteiger partial charge is 0.323 e. The number of hydrogen-bond acceptors (Lipinski definition) is 3. The van der Waals surface area contributed by atoms with Crippen LogP contribution in [0, 0.1) is 0 Å². The molecule has 0 aliphatic carbocycles. The minimum absolute atomic E-state index is 0.118. The zero-order valence-electron chi connectivity index (χ0n) is 15.6. The SMILES string of the molecule is CCC(C(=O)N1CCCC(N(CC(=O)O)C(C)=O)CC1)c1ccccc1. The second-order valence-corrected chi connectivity index (χ2v) is 6.82. The fraction of sp³-hybridized carbons (Fsp3) is 0.550. The molecule has 0 bridgehead atoms. The highest BCUT2D eigenvalue weighted by Gasteiger charge is 2.30. The van der Waals surface area contributed by atoms with Gasteiger partial charge in [0.25, 0.3) is 0 Å². The third-order valence-corrected chi connectivity index (χ3v) is 5.07. The highest BCUT2D eigenvalue weighted by molar-refractivity contribution is 5.84. The van der Waals surface area contributed by atoms with Crippen LogP contribution in [0.1, 0.15) is 51.0 Å². The van der Waals surface area contributed by atoms with Crippen LogP contribution in [0.15, 0.2) is 30.3 Å². The van der Waals surface area contributed by atoms with Gasteiger partial charge >= 0.3 is 5.97 Å². The summed E-state index contributed by atoms with van der Waals surface area (Å²) >= 11 is 0. The van der Waals surface area contributed by atoms with Crippen LogP contribution in [0.3, 0.4) is 0 Å². The zero-order valence-corrected chi connectivity index (χ0v) is 15.6. The predicted octanol–water partition coefficient (Wildman–Crippen LogP) is 2.49. The second kappa shape index (κ2) is 9.36. The summed E-state index contributed by atoms with van der Waals surface area (Å²) in [5.74, 6) is -1.27. The van der Waals surface area contributed by atoms with Gasteiger partial charge in [-0.1, -0.05) is 37.3 Å². The Morgan fingerprint density at radius 3 is 2.46 bits per heavy atom. The lowest BCUT2D eigenvalue weighted by atomic mass is 9.95. The van der Waals surface area contributed by atoms with Crippen molar-refractivity contribution >= 4 is 17.8 Å². The summed E-state index contributed by atoms with van der Waals surface area (Å²) in [6.45, 7) is 4.34. The molecule has 1 aliphatic heterocycles. The first-order chi connectivity index (χ1) is 12.4. The Bertz CT molecular complexity index is 632. The Labute approximate surface area is 154 Å². The van der Waals surface area contributed by atoms with Gasteiger partial charge in [0.15, 0.2) is 0 Å². The highest BCUT2D eigenvalue weighted by atomic mass is 16.4. The lowest BCUT2D eigenvalue weighted by Gasteiger charge is -2.29. The number of benzene rings is 1. The van der Waals surface area contributed by atoms with Gasteiger partial charge in [-0.15, -0.1) is 0 Å². The lowest BCUT2D eigenvalue weighted by molar-refractivity contribution is -0.145. The summed E-state index contributed by atoms with van der Waals surface area (Å²) in [6.07, 6.45) is 2.84. The number of carboxylic acid groups (broad SMARTS) is 1. The highest BCUT2D eigenvalue weighted by Crippen LogP contribution is 2.25. The van der Waals surface area contributed by atoms with Crippen molar-refractivity contribution in [2.45, 2.75) is 51.5 Å². The molecule has 142 valence electrons. The molecule has 1 aliphatic rings. The number of likely N-dealkylation sites (tertiary alicyclic amines) is 1. The third-order valence-electron chi connectivity index (χ3n) is 5.07. The Morgan fingerprint density at radius 1 is 1.19 bits per heavy atom. The first-order valence-electron chi connectivity index (χ1n) is 9.26. The van der Waals surface area contributed by atoms with Gasteiger partial charge in [-0.2, -0.15) is 0 Å². The van der Waals surface area contributed by atoms with Gasteiger partial charge in [-0.3, -0.25) is 14.4 Å². The van der Waals surface area contributed by atoms with Gasteiger partial charge in [0.1, 0.15) is 6.54 Å². The second-order valence-electron chi connectivity index (χ2n) is 6.82. The molecule has 1 aromatic rings. The van der Waals surface area contributed by atoms with Gasteiger partial charge in [0, 0.05) is 26.1 Å². The van der Waals surface area contributed by atoms with E-state index < -0.39 is 5.97 Å². The molecule has 0 radical (unpaired) electrons. The van der Waals surface area contributed by atoms with Gasteiger partial charge in [-0.05, 0) is 31.2 Å². The van der Waals surface area contributed by atoms with Crippen LogP contribution in [0.4, 0.5) is 0 Å². The maximum absolute atomic E-state index is 13.0. The Hall–Kier alpha value is -2.37. The molecule has 1 heterocycles. The topological polar surface area (TPSA) is 77.9 Å². The lowest BCUT2D eigenvalue weighted by Crippen LogP contribution is -2.43. The van der Waals surface area contributed by atoms with E-state index in [0.29, 0.717) is 19.5 Å². The van der Waals surface area contributed by atoms with Crippen LogP contribution in [-0.4, -0.2) is 58.4 Å². The number of carbonyl (C=O) groups excluding carboxylic acids is 2. The molecule has 2 rings (SSSR count). The summed E-state index contributed by atoms with van der Waals surface area (Å²) in [5.41, 5.74) is 1.03. The van der Waals surface area contributed by atoms with Crippen LogP contribution < -0.4 is 0 Å². The summed E-state index contributed by atoms with van der Waals surface area (Å²) in [4.78, 5) is 39.2. The number of nitrogens with zero attached hydrogens (tertiary/aromatic N) is 2. The molecule has 1 N–H and O–H groups in total. The van der Waals surface area contributed by atoms with E-state index in [0.717, 1.165) is 24.8 Å². The first-order valence-corrected chi connectivity index (χ1v) is 9.26. The summed E-state index contributed by atoms with van der Waals surface area (Å²) < 4.78 is 0. The molecular weight excluding hydrogens is 332 g/mol. The summed E-state index contributed by atoms with van der Waals surface area (Å²) in [7, 11) is 0. The van der Waals surface area contributed by atoms with Gasteiger partial charge in [0.2, 0.25) is 11.8 Å². The number of rotatable bonds is 6. The Balaban J connectivity index is 2.06. The zero-order chi connectivity index (χ0) is 19.1. The third kappa shape index (κ3) is 5.07. The summed E-state index contributed by atoms with van der Waals surface area (Å²) in [5, 5.41) is 9.05. The molecule has 2 unspecified atom stereocenters. The number of hydrogen-bond donors (Lipinski definition) is 1. The van der Waals surface area contributed by atoms with Crippen molar-refractivity contribution in [3.63, 3.8) is 0 Å². The van der Waals surface area contributed by atoms with Crippen LogP contribution in [0.2, 0.25) is 0 Å². The maximum Gasteiger partial charge on any atom is 0.323 e. The molecule has 1 saturated heterocycles. The molecule has 6 nitrogen and oxygen atoms in total. The number of carboxylic acids is 1. The van der Waals surface area contributed by atoms with Crippen molar-refractivity contribution in [3.8, 4) is 0 Å². The minimum atomic E-state index is -1.01. The van der Waals surface area contributed by atoms with Gasteiger partial charge < -0.3 is 14.9 Å². The standard InChI is InChI=1S/C20H28N2O4/c1-3-18(16-8-5-4-6-9-16)20(26)21-12-7-10-17(11-13-21)22(15(2)23)14-19(24)25/h4-6,8-9,17-18H,3,7,10-14H2,1-2H3,(H,24,25). The van der Waals surface area contributed by atoms with Crippen molar-refractivity contribution in [3.05, 3.63) is 35.9 Å². The van der Waals surface area contributed by atoms with Crippen LogP contribution in [0.25, 0.3) is 0 Å². The molecular formula is C20H28N2O4. The quantitative estimate of drug-likeness (QED) is 0.845. The number of aliphatic carboxylic acids is 1. The van der Waals surface area contributed by atoms with Crippen LogP contribution >= 0.6 is 0 Å². The molecule has 2 atom stereocenters. The van der Waals surface area contributed by atoms with E-state index in [1.54, 1.807) is 0 Å². The van der Waals surface area contributed by atoms with E-state index >= 15 is 0 Å². The maximum atomic E-state index is 13.0. The van der Waals surface area contributed by atoms with Crippen LogP contribution in [0.5, 0.6) is 0 Å². The van der Waals surface area contributed by atoms with E-state index in [2.05, 4.69) is 0 Å². The van der Waals surface area contributed by atoms with E-state index in [1.807, 2.05) is 42.2 Å². The van der Waals surface area contributed by atoms with E-state index in [-0.39, 0.29) is 30.3 Å². The van der Waals surface area contributed by atoms with Crippen molar-refractivity contribution in [1.82, 2.24) is 9.80 Å². The normalized spacial score (nSPS) is 18.7. The predicted molar refractivity (Wildman–Crippen MR) is 98.7 cm³/mol. The van der Waals surface area contributed by atoms with Crippen LogP contribution in [-0.2, 0) is 14.4 Å². The average molecular weight is 360 g/mol. The molecule has 2 amide bonds. The van der Waals surface area contributed by atoms with E-state index in [4.69, 9.17) is 5.11 Å². The Kier molecular flexibility index (Phi) is 7.18. The van der Waals surface area contributed by atoms with Gasteiger partial charge in [-0.25, -0.2) is 0 Å². The fourth-order valence-corrected chi connectivity index (χ4v) is 3.71. The summed E-state index contributed by atoms with van der Waals surface area (Å²) in [6, 6.07) is 9.67. The van der Waals surface area contributed by atoms with Crippen molar-refractivity contribution in [2.24, 2.45) is 0 Å². The number of carbonyl (C=O) groups is 3. The molecule has 0 aromatic heterocycles. The molecule has 0 spiro atoms. The largest absolute Gasteiger partial charge is 0.480 e. The molecule has 26 heavy (non-hydrogen) atoms. The van der Waals surface area contributed by atoms with Crippen molar-refractivity contribution in [1.29, 1.82) is 0 Å². The van der Waals surface area contributed by atoms with E-state index in [1.165, 1.54) is 11.8 Å². The minimum Gasteiger partial charge on any atom is -0.480 e. The molecule has 0 saturated carbocycles. The molecule has 1 aromatic carbocycles. The van der Waals surface area contributed by atoms with Gasteiger partial charge in [0.05, 0.1) is 5.92 Å². The average Bonchev–Trinajstić information content (AvgIpc) is 2.87. The monoisotopic (exact) mass is 360 g/mol. The first kappa shape index (κ1) is 19.9. The Morgan fingerprint density at radius 2 is 1.88 bits per heavy atom.